The zero-order valence-electron chi connectivity index (χ0n) is 11.8. The van der Waals surface area contributed by atoms with Gasteiger partial charge in [-0.05, 0) is 49.1 Å². The van der Waals surface area contributed by atoms with Crippen LogP contribution in [-0.2, 0) is 0 Å². The number of piperidine rings is 1. The van der Waals surface area contributed by atoms with Crippen LogP contribution in [0.3, 0.4) is 0 Å². The highest BCUT2D eigenvalue weighted by Crippen LogP contribution is 2.23. The van der Waals surface area contributed by atoms with E-state index in [1.165, 1.54) is 37.1 Å². The van der Waals surface area contributed by atoms with Crippen LogP contribution in [0.5, 0.6) is 0 Å². The van der Waals surface area contributed by atoms with Crippen LogP contribution < -0.4 is 11.3 Å². The van der Waals surface area contributed by atoms with Crippen molar-refractivity contribution >= 4 is 11.4 Å². The number of rotatable bonds is 1. The van der Waals surface area contributed by atoms with Gasteiger partial charge in [0.25, 0.3) is 0 Å². The molecule has 3 N–H and O–H groups in total. The molecule has 1 saturated heterocycles. The molecule has 20 heavy (non-hydrogen) atoms. The molecule has 0 amide bonds. The maximum atomic E-state index is 5.61. The molecule has 4 heteroatoms. The zero-order chi connectivity index (χ0) is 13.8. The first-order valence-electron chi connectivity index (χ1n) is 7.34. The molecule has 1 fully saturated rings. The van der Waals surface area contributed by atoms with Crippen molar-refractivity contribution in [3.63, 3.8) is 0 Å². The number of hydrogen-bond acceptors (Lipinski definition) is 4. The first kappa shape index (κ1) is 13.3. The van der Waals surface area contributed by atoms with Crippen LogP contribution in [0.25, 0.3) is 5.57 Å². The van der Waals surface area contributed by atoms with Crippen molar-refractivity contribution in [3.05, 3.63) is 42.0 Å². The molecule has 4 nitrogen and oxygen atoms in total. The van der Waals surface area contributed by atoms with Gasteiger partial charge in [0.2, 0.25) is 0 Å². The number of benzene rings is 1. The number of nitrogens with two attached hydrogens (primary N) is 1. The van der Waals surface area contributed by atoms with Crippen molar-refractivity contribution in [1.29, 1.82) is 0 Å². The zero-order valence-corrected chi connectivity index (χ0v) is 11.8. The van der Waals surface area contributed by atoms with E-state index in [1.54, 1.807) is 0 Å². The van der Waals surface area contributed by atoms with Crippen LogP contribution in [0, 0.1) is 5.92 Å². The second-order valence-electron chi connectivity index (χ2n) is 5.63. The summed E-state index contributed by atoms with van der Waals surface area (Å²) in [6, 6.07) is 10.5. The van der Waals surface area contributed by atoms with Gasteiger partial charge >= 0.3 is 0 Å². The molecular weight excluding hydrogens is 248 g/mol. The van der Waals surface area contributed by atoms with E-state index in [4.69, 9.17) is 5.84 Å². The molecule has 3 aliphatic rings. The van der Waals surface area contributed by atoms with Crippen LogP contribution in [0.15, 0.2) is 41.4 Å². The minimum absolute atomic E-state index is 0.710. The Hall–Kier alpha value is -1.65. The predicted octanol–water partition coefficient (Wildman–Crippen LogP) is 1.66. The summed E-state index contributed by atoms with van der Waals surface area (Å²) >= 11 is 0. The van der Waals surface area contributed by atoms with Gasteiger partial charge in [0.1, 0.15) is 5.84 Å². The minimum Gasteiger partial charge on any atom is -0.309 e. The Bertz CT molecular complexity index is 498. The van der Waals surface area contributed by atoms with E-state index in [1.807, 2.05) is 6.07 Å². The standard InChI is InChI=1S/C16H22N4/c17-19-16-10-15(14-4-2-1-3-5-14)12-20-8-6-13(7-9-20)11-18-16/h1-5,10,13H,6-9,11-12,17H2,(H,18,19)/b15-10+. The van der Waals surface area contributed by atoms with Crippen molar-refractivity contribution in [2.45, 2.75) is 12.8 Å². The summed E-state index contributed by atoms with van der Waals surface area (Å²) in [6.45, 7) is 4.20. The van der Waals surface area contributed by atoms with Crippen molar-refractivity contribution in [2.24, 2.45) is 16.8 Å². The number of hydrogen-bond donors (Lipinski definition) is 2. The monoisotopic (exact) mass is 270 g/mol. The third-order valence-corrected chi connectivity index (χ3v) is 4.22. The van der Waals surface area contributed by atoms with Gasteiger partial charge in [-0.1, -0.05) is 30.3 Å². The van der Waals surface area contributed by atoms with Gasteiger partial charge in [-0.25, -0.2) is 5.84 Å². The Labute approximate surface area is 120 Å². The van der Waals surface area contributed by atoms with Crippen LogP contribution in [0.2, 0.25) is 0 Å². The maximum absolute atomic E-state index is 5.61. The van der Waals surface area contributed by atoms with Gasteiger partial charge in [0.15, 0.2) is 0 Å². The number of amidine groups is 1. The van der Waals surface area contributed by atoms with E-state index < -0.39 is 0 Å². The van der Waals surface area contributed by atoms with Crippen molar-refractivity contribution in [3.8, 4) is 0 Å². The molecule has 3 aliphatic heterocycles. The first-order chi connectivity index (χ1) is 9.85. The first-order valence-corrected chi connectivity index (χ1v) is 7.34. The SMILES string of the molecule is NNC1=N/CC2CCN(CC2)C/C(c2ccccc2)=C\1. The Morgan fingerprint density at radius 1 is 1.15 bits per heavy atom. The van der Waals surface area contributed by atoms with Gasteiger partial charge in [-0.2, -0.15) is 0 Å². The lowest BCUT2D eigenvalue weighted by atomic mass is 9.95. The molecule has 3 heterocycles. The maximum Gasteiger partial charge on any atom is 0.135 e. The third kappa shape index (κ3) is 3.08. The number of aliphatic imine (C=N–C) groups is 1. The van der Waals surface area contributed by atoms with Gasteiger partial charge < -0.3 is 5.43 Å². The van der Waals surface area contributed by atoms with E-state index >= 15 is 0 Å². The van der Waals surface area contributed by atoms with Gasteiger partial charge in [-0.3, -0.25) is 9.89 Å². The number of nitrogens with one attached hydrogen (secondary N) is 1. The average Bonchev–Trinajstić information content (AvgIpc) is 2.53. The van der Waals surface area contributed by atoms with Gasteiger partial charge in [0.05, 0.1) is 0 Å². The van der Waals surface area contributed by atoms with Crippen LogP contribution >= 0.6 is 0 Å². The molecule has 0 unspecified atom stereocenters. The lowest BCUT2D eigenvalue weighted by Crippen LogP contribution is -2.38. The molecule has 0 radical (unpaired) electrons. The Balaban J connectivity index is 1.95. The predicted molar refractivity (Wildman–Crippen MR) is 83.2 cm³/mol. The summed E-state index contributed by atoms with van der Waals surface area (Å²) in [7, 11) is 0. The van der Waals surface area contributed by atoms with E-state index in [9.17, 15) is 0 Å². The smallest absolute Gasteiger partial charge is 0.135 e. The summed E-state index contributed by atoms with van der Waals surface area (Å²) in [5.74, 6) is 7.11. The molecule has 0 saturated carbocycles. The number of hydrazine groups is 1. The molecule has 0 aromatic heterocycles. The third-order valence-electron chi connectivity index (χ3n) is 4.22. The highest BCUT2D eigenvalue weighted by Gasteiger charge is 2.21. The van der Waals surface area contributed by atoms with E-state index in [0.29, 0.717) is 5.92 Å². The second kappa shape index (κ2) is 6.20. The Kier molecular flexibility index (Phi) is 4.14. The molecular formula is C16H22N4. The van der Waals surface area contributed by atoms with Crippen LogP contribution in [0.1, 0.15) is 18.4 Å². The lowest BCUT2D eigenvalue weighted by Gasteiger charge is -2.33. The van der Waals surface area contributed by atoms with Crippen LogP contribution in [-0.4, -0.2) is 36.9 Å². The molecule has 4 rings (SSSR count). The molecule has 0 atom stereocenters. The second-order valence-corrected chi connectivity index (χ2v) is 5.63. The lowest BCUT2D eigenvalue weighted by molar-refractivity contribution is 0.207. The number of fused-ring (bicyclic) bond motifs is 5. The largest absolute Gasteiger partial charge is 0.309 e. The average molecular weight is 270 g/mol. The van der Waals surface area contributed by atoms with Crippen molar-refractivity contribution < 1.29 is 0 Å². The summed E-state index contributed by atoms with van der Waals surface area (Å²) < 4.78 is 0. The summed E-state index contributed by atoms with van der Waals surface area (Å²) in [5.41, 5.74) is 5.26. The van der Waals surface area contributed by atoms with Gasteiger partial charge in [-0.15, -0.1) is 0 Å². The Morgan fingerprint density at radius 3 is 2.60 bits per heavy atom. The summed E-state index contributed by atoms with van der Waals surface area (Å²) in [6.07, 6.45) is 4.57. The van der Waals surface area contributed by atoms with Crippen LogP contribution in [0.4, 0.5) is 0 Å². The fourth-order valence-electron chi connectivity index (χ4n) is 2.97. The molecule has 1 aromatic rings. The highest BCUT2D eigenvalue weighted by molar-refractivity contribution is 5.99. The van der Waals surface area contributed by atoms with Crippen molar-refractivity contribution in [2.75, 3.05) is 26.2 Å². The molecule has 0 aliphatic carbocycles. The molecule has 2 bridgehead atoms. The fraction of sp³-hybridized carbons (Fsp3) is 0.438. The van der Waals surface area contributed by atoms with E-state index in [-0.39, 0.29) is 0 Å². The highest BCUT2D eigenvalue weighted by atomic mass is 15.2. The number of nitrogens with zero attached hydrogens (tertiary/aromatic N) is 2. The van der Waals surface area contributed by atoms with Gasteiger partial charge in [0, 0.05) is 13.1 Å². The molecule has 106 valence electrons. The topological polar surface area (TPSA) is 53.6 Å². The Morgan fingerprint density at radius 2 is 1.90 bits per heavy atom. The minimum atomic E-state index is 0.710. The fourth-order valence-corrected chi connectivity index (χ4v) is 2.97. The van der Waals surface area contributed by atoms with Crippen molar-refractivity contribution in [1.82, 2.24) is 10.3 Å². The molecule has 1 aromatic carbocycles. The molecule has 0 spiro atoms. The van der Waals surface area contributed by atoms with E-state index in [0.717, 1.165) is 18.9 Å². The normalized spacial score (nSPS) is 31.9. The summed E-state index contributed by atoms with van der Waals surface area (Å²) in [4.78, 5) is 7.18. The quantitative estimate of drug-likeness (QED) is 0.603. The summed E-state index contributed by atoms with van der Waals surface area (Å²) in [5, 5.41) is 0. The van der Waals surface area contributed by atoms with E-state index in [2.05, 4.69) is 45.7 Å².